The lowest BCUT2D eigenvalue weighted by molar-refractivity contribution is -0.142. The Bertz CT molecular complexity index is 216. The van der Waals surface area contributed by atoms with Gasteiger partial charge in [0, 0.05) is 16.0 Å². The monoisotopic (exact) mass is 234 g/mol. The van der Waals surface area contributed by atoms with E-state index in [1.54, 1.807) is 6.92 Å². The third-order valence-electron chi connectivity index (χ3n) is 2.35. The standard InChI is InChI=1S/C11H22O3S/c1-5-8-10(11(12)14-7-3)15(13)9(4)6-2/h9-10H,5-8H2,1-4H3. The summed E-state index contributed by atoms with van der Waals surface area (Å²) >= 11 is 0. The Morgan fingerprint density at radius 1 is 1.33 bits per heavy atom. The van der Waals surface area contributed by atoms with Gasteiger partial charge in [0.2, 0.25) is 0 Å². The summed E-state index contributed by atoms with van der Waals surface area (Å²) in [5.74, 6) is -0.307. The van der Waals surface area contributed by atoms with Crippen molar-refractivity contribution in [2.75, 3.05) is 6.61 Å². The van der Waals surface area contributed by atoms with Crippen molar-refractivity contribution in [2.24, 2.45) is 0 Å². The van der Waals surface area contributed by atoms with Crippen molar-refractivity contribution >= 4 is 16.8 Å². The maximum Gasteiger partial charge on any atom is 0.321 e. The Labute approximate surface area is 95.0 Å². The van der Waals surface area contributed by atoms with Crippen LogP contribution in [0.15, 0.2) is 0 Å². The highest BCUT2D eigenvalue weighted by Crippen LogP contribution is 2.14. The molecule has 0 aromatic heterocycles. The van der Waals surface area contributed by atoms with E-state index in [9.17, 15) is 9.00 Å². The minimum atomic E-state index is -1.11. The van der Waals surface area contributed by atoms with E-state index >= 15 is 0 Å². The van der Waals surface area contributed by atoms with Crippen LogP contribution in [0.4, 0.5) is 0 Å². The molecule has 0 aliphatic rings. The van der Waals surface area contributed by atoms with Crippen LogP contribution < -0.4 is 0 Å². The second-order valence-corrected chi connectivity index (χ2v) is 5.61. The van der Waals surface area contributed by atoms with Gasteiger partial charge in [-0.2, -0.15) is 0 Å². The predicted molar refractivity (Wildman–Crippen MR) is 63.2 cm³/mol. The Morgan fingerprint density at radius 3 is 2.33 bits per heavy atom. The molecule has 0 spiro atoms. The van der Waals surface area contributed by atoms with E-state index in [1.165, 1.54) is 0 Å². The lowest BCUT2D eigenvalue weighted by Crippen LogP contribution is -2.32. The summed E-state index contributed by atoms with van der Waals surface area (Å²) in [4.78, 5) is 11.6. The summed E-state index contributed by atoms with van der Waals surface area (Å²) in [5, 5.41) is -0.379. The summed E-state index contributed by atoms with van der Waals surface area (Å²) in [6, 6.07) is 0. The van der Waals surface area contributed by atoms with E-state index in [1.807, 2.05) is 20.8 Å². The van der Waals surface area contributed by atoms with Crippen LogP contribution in [0.25, 0.3) is 0 Å². The first kappa shape index (κ1) is 14.6. The van der Waals surface area contributed by atoms with Crippen molar-refractivity contribution in [3.63, 3.8) is 0 Å². The van der Waals surface area contributed by atoms with Crippen LogP contribution in [-0.2, 0) is 20.3 Å². The average Bonchev–Trinajstić information content (AvgIpc) is 2.24. The molecular formula is C11H22O3S. The van der Waals surface area contributed by atoms with E-state index in [-0.39, 0.29) is 11.2 Å². The van der Waals surface area contributed by atoms with Gasteiger partial charge in [-0.25, -0.2) is 0 Å². The molecule has 0 amide bonds. The zero-order chi connectivity index (χ0) is 11.8. The number of carbonyl (C=O) groups is 1. The molecule has 15 heavy (non-hydrogen) atoms. The second-order valence-electron chi connectivity index (χ2n) is 3.58. The van der Waals surface area contributed by atoms with Crippen molar-refractivity contribution in [2.45, 2.75) is 57.5 Å². The Kier molecular flexibility index (Phi) is 7.65. The Balaban J connectivity index is 4.50. The minimum absolute atomic E-state index is 0.0611. The molecule has 0 rings (SSSR count). The van der Waals surface area contributed by atoms with E-state index < -0.39 is 16.0 Å². The first-order valence-corrected chi connectivity index (χ1v) is 6.91. The highest BCUT2D eigenvalue weighted by atomic mass is 32.2. The molecular weight excluding hydrogens is 212 g/mol. The van der Waals surface area contributed by atoms with Gasteiger partial charge in [-0.3, -0.25) is 9.00 Å². The molecule has 0 heterocycles. The summed E-state index contributed by atoms with van der Waals surface area (Å²) < 4.78 is 16.9. The molecule has 0 radical (unpaired) electrons. The van der Waals surface area contributed by atoms with Crippen molar-refractivity contribution < 1.29 is 13.7 Å². The summed E-state index contributed by atoms with van der Waals surface area (Å²) in [7, 11) is -1.11. The fraction of sp³-hybridized carbons (Fsp3) is 0.909. The van der Waals surface area contributed by atoms with Crippen LogP contribution in [0.2, 0.25) is 0 Å². The van der Waals surface area contributed by atoms with Crippen LogP contribution in [0.1, 0.15) is 47.0 Å². The fourth-order valence-corrected chi connectivity index (χ4v) is 2.89. The molecule has 0 aromatic rings. The lowest BCUT2D eigenvalue weighted by Gasteiger charge is -2.18. The molecule has 0 bridgehead atoms. The first-order valence-electron chi connectivity index (χ1n) is 5.64. The predicted octanol–water partition coefficient (Wildman–Crippen LogP) is 2.27. The summed E-state index contributed by atoms with van der Waals surface area (Å²) in [6.45, 7) is 8.01. The average molecular weight is 234 g/mol. The van der Waals surface area contributed by atoms with Gasteiger partial charge in [0.1, 0.15) is 5.25 Å². The molecule has 0 aromatic carbocycles. The topological polar surface area (TPSA) is 43.4 Å². The van der Waals surface area contributed by atoms with Crippen LogP contribution in [0, 0.1) is 0 Å². The Morgan fingerprint density at radius 2 is 1.93 bits per heavy atom. The molecule has 4 heteroatoms. The van der Waals surface area contributed by atoms with Gasteiger partial charge in [-0.1, -0.05) is 27.2 Å². The third kappa shape index (κ3) is 4.78. The van der Waals surface area contributed by atoms with Gasteiger partial charge in [-0.15, -0.1) is 0 Å². The smallest absolute Gasteiger partial charge is 0.321 e. The normalized spacial score (nSPS) is 16.8. The van der Waals surface area contributed by atoms with Gasteiger partial charge in [0.05, 0.1) is 6.61 Å². The van der Waals surface area contributed by atoms with Crippen molar-refractivity contribution in [3.05, 3.63) is 0 Å². The fourth-order valence-electron chi connectivity index (χ4n) is 1.27. The summed E-state index contributed by atoms with van der Waals surface area (Å²) in [5.41, 5.74) is 0. The van der Waals surface area contributed by atoms with Gasteiger partial charge in [0.25, 0.3) is 0 Å². The number of rotatable bonds is 7. The molecule has 0 aliphatic heterocycles. The zero-order valence-electron chi connectivity index (χ0n) is 10.1. The quantitative estimate of drug-likeness (QED) is 0.635. The largest absolute Gasteiger partial charge is 0.465 e. The highest BCUT2D eigenvalue weighted by molar-refractivity contribution is 7.87. The first-order chi connectivity index (χ1) is 7.08. The molecule has 0 saturated carbocycles. The molecule has 0 saturated heterocycles. The van der Waals surface area contributed by atoms with E-state index in [0.717, 1.165) is 12.8 Å². The van der Waals surface area contributed by atoms with E-state index in [2.05, 4.69) is 0 Å². The lowest BCUT2D eigenvalue weighted by atomic mass is 10.2. The SMILES string of the molecule is CCCC(C(=O)OCC)S(=O)C(C)CC. The number of hydrogen-bond donors (Lipinski definition) is 0. The molecule has 0 aliphatic carbocycles. The zero-order valence-corrected chi connectivity index (χ0v) is 10.9. The van der Waals surface area contributed by atoms with Crippen molar-refractivity contribution in [3.8, 4) is 0 Å². The molecule has 3 unspecified atom stereocenters. The molecule has 3 nitrogen and oxygen atoms in total. The van der Waals surface area contributed by atoms with Gasteiger partial charge >= 0.3 is 5.97 Å². The minimum Gasteiger partial charge on any atom is -0.465 e. The molecule has 0 N–H and O–H groups in total. The molecule has 0 fully saturated rings. The number of carbonyl (C=O) groups excluding carboxylic acids is 1. The second kappa shape index (κ2) is 7.85. The van der Waals surface area contributed by atoms with Crippen LogP contribution in [0.3, 0.4) is 0 Å². The van der Waals surface area contributed by atoms with E-state index in [4.69, 9.17) is 4.74 Å². The van der Waals surface area contributed by atoms with Crippen LogP contribution in [-0.4, -0.2) is 27.3 Å². The van der Waals surface area contributed by atoms with Crippen molar-refractivity contribution in [1.29, 1.82) is 0 Å². The van der Waals surface area contributed by atoms with Crippen LogP contribution >= 0.6 is 0 Å². The molecule has 90 valence electrons. The molecule has 3 atom stereocenters. The van der Waals surface area contributed by atoms with E-state index in [0.29, 0.717) is 13.0 Å². The summed E-state index contributed by atoms with van der Waals surface area (Å²) in [6.07, 6.45) is 2.33. The third-order valence-corrected chi connectivity index (χ3v) is 4.47. The number of esters is 1. The maximum absolute atomic E-state index is 12.0. The number of ether oxygens (including phenoxy) is 1. The highest BCUT2D eigenvalue weighted by Gasteiger charge is 2.28. The van der Waals surface area contributed by atoms with Crippen molar-refractivity contribution in [1.82, 2.24) is 0 Å². The van der Waals surface area contributed by atoms with Crippen LogP contribution in [0.5, 0.6) is 0 Å². The van der Waals surface area contributed by atoms with Gasteiger partial charge < -0.3 is 4.74 Å². The van der Waals surface area contributed by atoms with Gasteiger partial charge in [0.15, 0.2) is 0 Å². The number of hydrogen-bond acceptors (Lipinski definition) is 3. The Hall–Kier alpha value is -0.380. The maximum atomic E-state index is 12.0. The van der Waals surface area contributed by atoms with Gasteiger partial charge in [-0.05, 0) is 19.8 Å².